The van der Waals surface area contributed by atoms with Crippen molar-refractivity contribution in [1.82, 2.24) is 38.8 Å². The molecule has 0 aliphatic carbocycles. The molecule has 5 heterocycles. The number of nitrogens with zero attached hydrogens (tertiary/aromatic N) is 8. The van der Waals surface area contributed by atoms with Crippen LogP contribution in [0.3, 0.4) is 0 Å². The summed E-state index contributed by atoms with van der Waals surface area (Å²) in [5.41, 5.74) is 2.66. The summed E-state index contributed by atoms with van der Waals surface area (Å²) in [5, 5.41) is 7.65. The van der Waals surface area contributed by atoms with E-state index in [2.05, 4.69) is 42.4 Å². The van der Waals surface area contributed by atoms with Crippen molar-refractivity contribution in [2.45, 2.75) is 6.54 Å². The number of fused-ring (bicyclic) bond motifs is 1. The van der Waals surface area contributed by atoms with Gasteiger partial charge in [-0.05, 0) is 67.7 Å². The van der Waals surface area contributed by atoms with Crippen LogP contribution in [0.15, 0.2) is 112 Å². The predicted molar refractivity (Wildman–Crippen MR) is 186 cm³/mol. The number of carbonyl (C=O) groups excluding carboxylic acids is 1. The number of amides is 1. The smallest absolute Gasteiger partial charge is 0.336 e. The van der Waals surface area contributed by atoms with Crippen LogP contribution in [0, 0.1) is 0 Å². The molecule has 0 unspecified atom stereocenters. The zero-order valence-corrected chi connectivity index (χ0v) is 27.6. The molecule has 0 atom stereocenters. The minimum absolute atomic E-state index is 0.114. The SMILES string of the molecule is CN(C)Cc1cccc(-c2c(-c3cnn(C)c3)oc3ncnc(Oc4ccc(NC(=O)c5cn(C)c(=O)n(-c6ccccn6)c5=O)cc4)c23)c1. The molecule has 2 aromatic carbocycles. The third-order valence-electron chi connectivity index (χ3n) is 7.83. The maximum atomic E-state index is 13.3. The van der Waals surface area contributed by atoms with Crippen molar-refractivity contribution in [3.05, 3.63) is 130 Å². The van der Waals surface area contributed by atoms with Crippen molar-refractivity contribution in [2.75, 3.05) is 19.4 Å². The van der Waals surface area contributed by atoms with E-state index in [-0.39, 0.29) is 17.3 Å². The third kappa shape index (κ3) is 6.18. The number of benzene rings is 2. The largest absolute Gasteiger partial charge is 0.438 e. The number of rotatable bonds is 9. The highest BCUT2D eigenvalue weighted by molar-refractivity contribution is 6.04. The lowest BCUT2D eigenvalue weighted by molar-refractivity contribution is 0.102. The summed E-state index contributed by atoms with van der Waals surface area (Å²) < 4.78 is 16.4. The van der Waals surface area contributed by atoms with Gasteiger partial charge < -0.3 is 23.9 Å². The number of carbonyl (C=O) groups is 1. The molecule has 0 saturated carbocycles. The lowest BCUT2D eigenvalue weighted by Crippen LogP contribution is -2.41. The molecule has 0 radical (unpaired) electrons. The van der Waals surface area contributed by atoms with E-state index < -0.39 is 17.2 Å². The van der Waals surface area contributed by atoms with E-state index in [0.29, 0.717) is 28.3 Å². The van der Waals surface area contributed by atoms with Gasteiger partial charge in [0.25, 0.3) is 11.5 Å². The normalized spacial score (nSPS) is 11.3. The maximum absolute atomic E-state index is 13.3. The average Bonchev–Trinajstić information content (AvgIpc) is 3.72. The fourth-order valence-electron chi connectivity index (χ4n) is 5.62. The molecule has 0 aliphatic rings. The first-order chi connectivity index (χ1) is 24.2. The number of aromatic nitrogens is 7. The van der Waals surface area contributed by atoms with Crippen molar-refractivity contribution >= 4 is 22.7 Å². The van der Waals surface area contributed by atoms with Gasteiger partial charge >= 0.3 is 5.69 Å². The molecule has 1 amide bonds. The summed E-state index contributed by atoms with van der Waals surface area (Å²) in [7, 11) is 7.33. The molecule has 250 valence electrons. The monoisotopic (exact) mass is 669 g/mol. The third-order valence-corrected chi connectivity index (χ3v) is 7.83. The number of hydrogen-bond acceptors (Lipinski definition) is 10. The van der Waals surface area contributed by atoms with Crippen molar-refractivity contribution in [3.63, 3.8) is 0 Å². The van der Waals surface area contributed by atoms with E-state index in [1.165, 1.54) is 31.8 Å². The molecule has 50 heavy (non-hydrogen) atoms. The second-order valence-electron chi connectivity index (χ2n) is 11.9. The van der Waals surface area contributed by atoms with Crippen LogP contribution < -0.4 is 21.3 Å². The Balaban J connectivity index is 1.21. The zero-order chi connectivity index (χ0) is 34.9. The number of pyridine rings is 1. The first-order valence-corrected chi connectivity index (χ1v) is 15.5. The van der Waals surface area contributed by atoms with Gasteiger partial charge in [0.2, 0.25) is 11.6 Å². The molecule has 0 aliphatic heterocycles. The summed E-state index contributed by atoms with van der Waals surface area (Å²) in [6.07, 6.45) is 7.64. The highest BCUT2D eigenvalue weighted by atomic mass is 16.5. The molecule has 7 aromatic rings. The van der Waals surface area contributed by atoms with Crippen molar-refractivity contribution in [3.8, 4) is 39.9 Å². The lowest BCUT2D eigenvalue weighted by Gasteiger charge is -2.12. The quantitative estimate of drug-likeness (QED) is 0.230. The van der Waals surface area contributed by atoms with Crippen LogP contribution in [0.4, 0.5) is 5.69 Å². The molecule has 0 saturated heterocycles. The number of ether oxygens (including phenoxy) is 1. The van der Waals surface area contributed by atoms with Crippen molar-refractivity contribution in [1.29, 1.82) is 0 Å². The van der Waals surface area contributed by atoms with E-state index in [1.807, 2.05) is 39.5 Å². The highest BCUT2D eigenvalue weighted by Crippen LogP contribution is 2.44. The second kappa shape index (κ2) is 13.1. The maximum Gasteiger partial charge on any atom is 0.336 e. The van der Waals surface area contributed by atoms with Crippen molar-refractivity contribution in [2.24, 2.45) is 14.1 Å². The number of furan rings is 1. The Bertz CT molecular complexity index is 2480. The van der Waals surface area contributed by atoms with E-state index in [9.17, 15) is 14.4 Å². The fraction of sp³-hybridized carbons (Fsp3) is 0.139. The second-order valence-corrected chi connectivity index (χ2v) is 11.9. The van der Waals surface area contributed by atoms with Crippen molar-refractivity contribution < 1.29 is 13.9 Å². The van der Waals surface area contributed by atoms with Gasteiger partial charge in [-0.1, -0.05) is 24.3 Å². The van der Waals surface area contributed by atoms with Gasteiger partial charge in [-0.2, -0.15) is 5.10 Å². The predicted octanol–water partition coefficient (Wildman–Crippen LogP) is 4.64. The van der Waals surface area contributed by atoms with Gasteiger partial charge in [0.15, 0.2) is 0 Å². The molecule has 14 heteroatoms. The van der Waals surface area contributed by atoms with Crippen LogP contribution in [0.2, 0.25) is 0 Å². The minimum atomic E-state index is -0.786. The topological polar surface area (TPSA) is 155 Å². The molecule has 14 nitrogen and oxygen atoms in total. The summed E-state index contributed by atoms with van der Waals surface area (Å²) in [5.74, 6) is 0.712. The number of nitrogens with one attached hydrogen (secondary N) is 1. The van der Waals surface area contributed by atoms with Crippen LogP contribution in [-0.2, 0) is 20.6 Å². The Morgan fingerprint density at radius 1 is 0.940 bits per heavy atom. The van der Waals surface area contributed by atoms with Crippen LogP contribution in [0.25, 0.3) is 39.4 Å². The summed E-state index contributed by atoms with van der Waals surface area (Å²) in [4.78, 5) is 54.3. The Morgan fingerprint density at radius 2 is 1.76 bits per heavy atom. The van der Waals surface area contributed by atoms with Crippen LogP contribution in [-0.4, -0.2) is 58.8 Å². The first-order valence-electron chi connectivity index (χ1n) is 15.5. The van der Waals surface area contributed by atoms with Gasteiger partial charge in [0.05, 0.1) is 11.8 Å². The van der Waals surface area contributed by atoms with Crippen LogP contribution in [0.1, 0.15) is 15.9 Å². The summed E-state index contributed by atoms with van der Waals surface area (Å²) >= 11 is 0. The molecular formula is C36H31N9O5. The summed E-state index contributed by atoms with van der Waals surface area (Å²) in [6, 6.07) is 19.6. The Hall–Kier alpha value is -6.67. The van der Waals surface area contributed by atoms with E-state index in [0.717, 1.165) is 37.9 Å². The number of anilines is 1. The minimum Gasteiger partial charge on any atom is -0.438 e. The summed E-state index contributed by atoms with van der Waals surface area (Å²) in [6.45, 7) is 0.747. The van der Waals surface area contributed by atoms with Crippen LogP contribution >= 0.6 is 0 Å². The van der Waals surface area contributed by atoms with E-state index >= 15 is 0 Å². The molecule has 0 spiro atoms. The molecule has 0 bridgehead atoms. The van der Waals surface area contributed by atoms with Gasteiger partial charge in [-0.25, -0.2) is 24.3 Å². The zero-order valence-electron chi connectivity index (χ0n) is 27.6. The van der Waals surface area contributed by atoms with E-state index in [4.69, 9.17) is 9.15 Å². The van der Waals surface area contributed by atoms with Gasteiger partial charge in [-0.15, -0.1) is 0 Å². The Kier molecular flexibility index (Phi) is 8.35. The number of hydrogen-bond donors (Lipinski definition) is 1. The Labute approximate surface area is 284 Å². The fourth-order valence-corrected chi connectivity index (χ4v) is 5.62. The first kappa shape index (κ1) is 31.9. The molecule has 5 aromatic heterocycles. The molecule has 7 rings (SSSR count). The highest BCUT2D eigenvalue weighted by Gasteiger charge is 2.25. The van der Waals surface area contributed by atoms with Gasteiger partial charge in [-0.3, -0.25) is 14.3 Å². The standard InChI is InChI=1S/C36H31N9O5/c1-42(2)18-22-8-7-9-23(16-22)29-30-33(38-21-39-34(30)50-31(29)24-17-40-44(4)19-24)49-26-13-11-25(12-14-26)41-32(46)27-20-43(3)36(48)45(35(27)47)28-10-5-6-15-37-28/h5-17,19-21H,18H2,1-4H3,(H,41,46). The van der Waals surface area contributed by atoms with Crippen LogP contribution in [0.5, 0.6) is 11.6 Å². The Morgan fingerprint density at radius 3 is 2.48 bits per heavy atom. The lowest BCUT2D eigenvalue weighted by atomic mass is 9.99. The number of aryl methyl sites for hydroxylation is 2. The molecular weight excluding hydrogens is 638 g/mol. The average molecular weight is 670 g/mol. The van der Waals surface area contributed by atoms with E-state index in [1.54, 1.807) is 47.3 Å². The van der Waals surface area contributed by atoms with Gasteiger partial charge in [0.1, 0.15) is 34.6 Å². The van der Waals surface area contributed by atoms with Gasteiger partial charge in [0, 0.05) is 50.5 Å². The molecule has 1 N–H and O–H groups in total. The molecule has 0 fully saturated rings.